The van der Waals surface area contributed by atoms with Crippen LogP contribution in [0.3, 0.4) is 0 Å². The van der Waals surface area contributed by atoms with Crippen LogP contribution in [0.25, 0.3) is 0 Å². The number of rotatable bonds is 4. The quantitative estimate of drug-likeness (QED) is 0.940. The van der Waals surface area contributed by atoms with Crippen LogP contribution >= 0.6 is 11.6 Å². The lowest BCUT2D eigenvalue weighted by Gasteiger charge is -2.21. The Balaban J connectivity index is 2.49. The van der Waals surface area contributed by atoms with E-state index in [1.807, 2.05) is 19.1 Å². The van der Waals surface area contributed by atoms with Gasteiger partial charge in [-0.05, 0) is 42.3 Å². The molecular formula is C15H16ClNO3S. The van der Waals surface area contributed by atoms with Gasteiger partial charge < -0.3 is 5.11 Å². The maximum Gasteiger partial charge on any atom is 0.264 e. The van der Waals surface area contributed by atoms with Gasteiger partial charge in [0.2, 0.25) is 0 Å². The maximum absolute atomic E-state index is 12.7. The van der Waals surface area contributed by atoms with Gasteiger partial charge in [-0.1, -0.05) is 29.8 Å². The van der Waals surface area contributed by atoms with Crippen molar-refractivity contribution >= 4 is 27.3 Å². The minimum absolute atomic E-state index is 0.0988. The first-order valence-electron chi connectivity index (χ1n) is 6.31. The number of benzene rings is 2. The third-order valence-corrected chi connectivity index (χ3v) is 5.44. The highest BCUT2D eigenvalue weighted by Gasteiger charge is 2.23. The van der Waals surface area contributed by atoms with Gasteiger partial charge in [0.1, 0.15) is 0 Å². The molecule has 0 atom stereocenters. The van der Waals surface area contributed by atoms with E-state index in [9.17, 15) is 13.5 Å². The Labute approximate surface area is 129 Å². The summed E-state index contributed by atoms with van der Waals surface area (Å²) in [4.78, 5) is 0.0988. The number of aliphatic hydroxyl groups excluding tert-OH is 1. The van der Waals surface area contributed by atoms with Crippen molar-refractivity contribution in [3.63, 3.8) is 0 Å². The lowest BCUT2D eigenvalue weighted by atomic mass is 10.2. The fourth-order valence-corrected chi connectivity index (χ4v) is 3.53. The van der Waals surface area contributed by atoms with E-state index < -0.39 is 10.0 Å². The number of hydrogen-bond donors (Lipinski definition) is 1. The van der Waals surface area contributed by atoms with E-state index in [1.54, 1.807) is 12.1 Å². The van der Waals surface area contributed by atoms with Gasteiger partial charge in [0, 0.05) is 12.1 Å². The Bertz CT molecular complexity index is 759. The van der Waals surface area contributed by atoms with Gasteiger partial charge in [-0.25, -0.2) is 8.42 Å². The van der Waals surface area contributed by atoms with E-state index >= 15 is 0 Å². The van der Waals surface area contributed by atoms with Gasteiger partial charge in [0.25, 0.3) is 10.0 Å². The minimum Gasteiger partial charge on any atom is -0.392 e. The van der Waals surface area contributed by atoms with Gasteiger partial charge in [-0.15, -0.1) is 0 Å². The van der Waals surface area contributed by atoms with E-state index in [0.717, 1.165) is 5.56 Å². The van der Waals surface area contributed by atoms with Crippen LogP contribution < -0.4 is 4.31 Å². The molecule has 1 N–H and O–H groups in total. The molecule has 0 aromatic heterocycles. The number of aryl methyl sites for hydroxylation is 1. The van der Waals surface area contributed by atoms with Crippen LogP contribution in [0.15, 0.2) is 47.4 Å². The molecule has 0 heterocycles. The summed E-state index contributed by atoms with van der Waals surface area (Å²) < 4.78 is 26.6. The van der Waals surface area contributed by atoms with Crippen LogP contribution in [-0.2, 0) is 16.6 Å². The van der Waals surface area contributed by atoms with Crippen LogP contribution in [0.4, 0.5) is 5.69 Å². The topological polar surface area (TPSA) is 57.6 Å². The highest BCUT2D eigenvalue weighted by Crippen LogP contribution is 2.27. The van der Waals surface area contributed by atoms with Crippen LogP contribution in [0.5, 0.6) is 0 Å². The van der Waals surface area contributed by atoms with Crippen molar-refractivity contribution in [1.29, 1.82) is 0 Å². The summed E-state index contributed by atoms with van der Waals surface area (Å²) in [6.45, 7) is 1.54. The zero-order valence-electron chi connectivity index (χ0n) is 11.7. The lowest BCUT2D eigenvalue weighted by molar-refractivity contribution is 0.281. The second-order valence-electron chi connectivity index (χ2n) is 4.67. The Morgan fingerprint density at radius 2 is 1.86 bits per heavy atom. The Morgan fingerprint density at radius 3 is 2.48 bits per heavy atom. The fourth-order valence-electron chi connectivity index (χ4n) is 2.04. The van der Waals surface area contributed by atoms with Crippen molar-refractivity contribution < 1.29 is 13.5 Å². The van der Waals surface area contributed by atoms with E-state index in [4.69, 9.17) is 11.6 Å². The largest absolute Gasteiger partial charge is 0.392 e. The predicted molar refractivity (Wildman–Crippen MR) is 84.1 cm³/mol. The van der Waals surface area contributed by atoms with E-state index in [1.165, 1.54) is 29.6 Å². The Morgan fingerprint density at radius 1 is 1.19 bits per heavy atom. The van der Waals surface area contributed by atoms with Crippen LogP contribution in [0.1, 0.15) is 11.1 Å². The first-order chi connectivity index (χ1) is 9.87. The van der Waals surface area contributed by atoms with Crippen molar-refractivity contribution in [2.24, 2.45) is 0 Å². The van der Waals surface area contributed by atoms with Crippen molar-refractivity contribution in [2.45, 2.75) is 18.4 Å². The van der Waals surface area contributed by atoms with Crippen molar-refractivity contribution in [3.8, 4) is 0 Å². The van der Waals surface area contributed by atoms with Crippen LogP contribution in [-0.4, -0.2) is 20.6 Å². The number of halogens is 1. The molecule has 0 saturated carbocycles. The van der Waals surface area contributed by atoms with E-state index in [0.29, 0.717) is 16.3 Å². The van der Waals surface area contributed by atoms with Crippen molar-refractivity contribution in [3.05, 3.63) is 58.6 Å². The molecule has 2 aromatic rings. The molecule has 0 aliphatic rings. The third kappa shape index (κ3) is 3.05. The first-order valence-corrected chi connectivity index (χ1v) is 8.13. The average molecular weight is 326 g/mol. The molecule has 0 fully saturated rings. The molecule has 112 valence electrons. The molecule has 0 spiro atoms. The van der Waals surface area contributed by atoms with Crippen molar-refractivity contribution in [2.75, 3.05) is 11.4 Å². The number of aliphatic hydroxyl groups is 1. The average Bonchev–Trinajstić information content (AvgIpc) is 2.47. The summed E-state index contributed by atoms with van der Waals surface area (Å²) in [5, 5.41) is 9.56. The number of sulfonamides is 1. The molecular weight excluding hydrogens is 310 g/mol. The number of hydrogen-bond acceptors (Lipinski definition) is 3. The highest BCUT2D eigenvalue weighted by atomic mass is 35.5. The van der Waals surface area contributed by atoms with Crippen LogP contribution in [0, 0.1) is 6.92 Å². The molecule has 21 heavy (non-hydrogen) atoms. The molecule has 0 radical (unpaired) electrons. The molecule has 0 aliphatic carbocycles. The minimum atomic E-state index is -3.70. The smallest absolute Gasteiger partial charge is 0.264 e. The van der Waals surface area contributed by atoms with E-state index in [-0.39, 0.29) is 11.5 Å². The number of para-hydroxylation sites is 1. The van der Waals surface area contributed by atoms with Gasteiger partial charge >= 0.3 is 0 Å². The zero-order valence-corrected chi connectivity index (χ0v) is 13.3. The molecule has 0 saturated heterocycles. The molecule has 4 nitrogen and oxygen atoms in total. The Kier molecular flexibility index (Phi) is 4.56. The standard InChI is InChI=1S/C15H16ClNO3S/c1-11-5-3-4-6-15(11)17(2)21(19,20)13-7-8-14(16)12(9-13)10-18/h3-9,18H,10H2,1-2H3. The van der Waals surface area contributed by atoms with E-state index in [2.05, 4.69) is 0 Å². The summed E-state index contributed by atoms with van der Waals surface area (Å²) in [6, 6.07) is 11.5. The fraction of sp³-hybridized carbons (Fsp3) is 0.200. The van der Waals surface area contributed by atoms with Gasteiger partial charge in [-0.3, -0.25) is 4.31 Å². The summed E-state index contributed by atoms with van der Waals surface area (Å²) in [7, 11) is -2.20. The second kappa shape index (κ2) is 6.05. The van der Waals surface area contributed by atoms with Gasteiger partial charge in [-0.2, -0.15) is 0 Å². The summed E-state index contributed by atoms with van der Waals surface area (Å²) in [5.41, 5.74) is 1.86. The molecule has 2 aromatic carbocycles. The third-order valence-electron chi connectivity index (χ3n) is 3.30. The predicted octanol–water partition coefficient (Wildman–Crippen LogP) is 2.97. The summed E-state index contributed by atoms with van der Waals surface area (Å²) in [5.74, 6) is 0. The monoisotopic (exact) mass is 325 g/mol. The molecule has 0 aliphatic heterocycles. The number of anilines is 1. The maximum atomic E-state index is 12.7. The van der Waals surface area contributed by atoms with Gasteiger partial charge in [0.05, 0.1) is 17.2 Å². The summed E-state index contributed by atoms with van der Waals surface area (Å²) >= 11 is 5.90. The van der Waals surface area contributed by atoms with Crippen molar-refractivity contribution in [1.82, 2.24) is 0 Å². The molecule has 2 rings (SSSR count). The first kappa shape index (κ1) is 15.8. The number of nitrogens with zero attached hydrogens (tertiary/aromatic N) is 1. The zero-order chi connectivity index (χ0) is 15.6. The molecule has 6 heteroatoms. The SMILES string of the molecule is Cc1ccccc1N(C)S(=O)(=O)c1ccc(Cl)c(CO)c1. The Hall–Kier alpha value is -1.56. The lowest BCUT2D eigenvalue weighted by Crippen LogP contribution is -2.27. The highest BCUT2D eigenvalue weighted by molar-refractivity contribution is 7.92. The normalized spacial score (nSPS) is 11.4. The second-order valence-corrected chi connectivity index (χ2v) is 7.05. The molecule has 0 bridgehead atoms. The van der Waals surface area contributed by atoms with Gasteiger partial charge in [0.15, 0.2) is 0 Å². The summed E-state index contributed by atoms with van der Waals surface area (Å²) in [6.07, 6.45) is 0. The molecule has 0 amide bonds. The molecule has 0 unspecified atom stereocenters. The van der Waals surface area contributed by atoms with Crippen LogP contribution in [0.2, 0.25) is 5.02 Å².